The number of anilines is 2. The van der Waals surface area contributed by atoms with E-state index < -0.39 is 28.3 Å². The maximum absolute atomic E-state index is 13.9. The van der Waals surface area contributed by atoms with Gasteiger partial charge in [0.15, 0.2) is 0 Å². The van der Waals surface area contributed by atoms with Crippen LogP contribution in [0.1, 0.15) is 0 Å². The molecule has 1 heterocycles. The average molecular weight is 451 g/mol. The number of fused-ring (bicyclic) bond motifs is 3. The Kier molecular flexibility index (Phi) is 4.98. The molecular weight excluding hydrogens is 438 g/mol. The first kappa shape index (κ1) is 19.7. The van der Waals surface area contributed by atoms with Crippen LogP contribution in [0.15, 0.2) is 65.6 Å². The zero-order valence-corrected chi connectivity index (χ0v) is 17.0. The quantitative estimate of drug-likeness (QED) is 0.613. The summed E-state index contributed by atoms with van der Waals surface area (Å²) < 4.78 is 41.2. The molecule has 0 aliphatic carbocycles. The summed E-state index contributed by atoms with van der Waals surface area (Å²) in [7, 11) is -4.02. The van der Waals surface area contributed by atoms with Gasteiger partial charge in [0.1, 0.15) is 12.4 Å². The van der Waals surface area contributed by atoms with Crippen molar-refractivity contribution in [3.63, 3.8) is 0 Å². The Bertz CT molecular complexity index is 1250. The molecule has 5 nitrogen and oxygen atoms in total. The Balaban J connectivity index is 1.74. The molecule has 3 aromatic rings. The predicted octanol–water partition coefficient (Wildman–Crippen LogP) is 4.95. The van der Waals surface area contributed by atoms with Gasteiger partial charge in [-0.3, -0.25) is 9.10 Å². The van der Waals surface area contributed by atoms with Crippen LogP contribution in [-0.2, 0) is 14.8 Å². The van der Waals surface area contributed by atoms with E-state index in [1.807, 2.05) is 0 Å². The van der Waals surface area contributed by atoms with E-state index in [1.165, 1.54) is 30.3 Å². The summed E-state index contributed by atoms with van der Waals surface area (Å²) in [6, 6.07) is 14.6. The molecular formula is C20H13Cl2FN2O3S. The Morgan fingerprint density at radius 1 is 1.00 bits per heavy atom. The topological polar surface area (TPSA) is 66.5 Å². The number of hydrogen-bond acceptors (Lipinski definition) is 3. The van der Waals surface area contributed by atoms with E-state index >= 15 is 0 Å². The zero-order chi connectivity index (χ0) is 20.8. The maximum Gasteiger partial charge on any atom is 0.265 e. The van der Waals surface area contributed by atoms with Crippen LogP contribution >= 0.6 is 23.2 Å². The second-order valence-corrected chi connectivity index (χ2v) is 9.02. The molecule has 4 rings (SSSR count). The summed E-state index contributed by atoms with van der Waals surface area (Å²) in [5.41, 5.74) is 1.26. The van der Waals surface area contributed by atoms with Crippen LogP contribution in [0.4, 0.5) is 15.8 Å². The van der Waals surface area contributed by atoms with Crippen molar-refractivity contribution < 1.29 is 17.6 Å². The number of rotatable bonds is 3. The van der Waals surface area contributed by atoms with E-state index in [9.17, 15) is 17.6 Å². The highest BCUT2D eigenvalue weighted by molar-refractivity contribution is 7.93. The SMILES string of the molecule is O=C(CN1c2ccc(F)cc2-c2ccccc2S1(=O)=O)Nc1cc(Cl)ccc1Cl. The number of amides is 1. The van der Waals surface area contributed by atoms with E-state index in [-0.39, 0.29) is 21.3 Å². The highest BCUT2D eigenvalue weighted by Gasteiger charge is 2.36. The van der Waals surface area contributed by atoms with Crippen molar-refractivity contribution in [2.45, 2.75) is 4.90 Å². The molecule has 0 radical (unpaired) electrons. The number of carbonyl (C=O) groups is 1. The lowest BCUT2D eigenvalue weighted by molar-refractivity contribution is -0.114. The minimum absolute atomic E-state index is 0.00619. The fourth-order valence-electron chi connectivity index (χ4n) is 3.19. The number of hydrogen-bond donors (Lipinski definition) is 1. The van der Waals surface area contributed by atoms with Crippen molar-refractivity contribution >= 4 is 50.5 Å². The number of carbonyl (C=O) groups excluding carboxylic acids is 1. The smallest absolute Gasteiger partial charge is 0.265 e. The summed E-state index contributed by atoms with van der Waals surface area (Å²) in [6.07, 6.45) is 0. The third kappa shape index (κ3) is 3.57. The molecule has 0 atom stereocenters. The van der Waals surface area contributed by atoms with Crippen LogP contribution in [0.2, 0.25) is 10.0 Å². The van der Waals surface area contributed by atoms with Gasteiger partial charge in [0.2, 0.25) is 5.91 Å². The molecule has 29 heavy (non-hydrogen) atoms. The van der Waals surface area contributed by atoms with Crippen molar-refractivity contribution in [1.82, 2.24) is 0 Å². The normalized spacial score (nSPS) is 14.1. The summed E-state index contributed by atoms with van der Waals surface area (Å²) in [5.74, 6) is -1.12. The summed E-state index contributed by atoms with van der Waals surface area (Å²) >= 11 is 12.0. The van der Waals surface area contributed by atoms with Crippen LogP contribution in [-0.4, -0.2) is 20.9 Å². The van der Waals surface area contributed by atoms with Crippen molar-refractivity contribution in [3.05, 3.63) is 76.5 Å². The molecule has 1 aliphatic heterocycles. The van der Waals surface area contributed by atoms with E-state index in [0.717, 1.165) is 10.4 Å². The van der Waals surface area contributed by atoms with Crippen LogP contribution < -0.4 is 9.62 Å². The zero-order valence-electron chi connectivity index (χ0n) is 14.7. The summed E-state index contributed by atoms with van der Waals surface area (Å²) in [6.45, 7) is -0.516. The van der Waals surface area contributed by atoms with Gasteiger partial charge >= 0.3 is 0 Å². The Labute approximate surface area is 176 Å². The molecule has 0 aromatic heterocycles. The second kappa shape index (κ2) is 7.33. The molecule has 0 saturated carbocycles. The highest BCUT2D eigenvalue weighted by atomic mass is 35.5. The van der Waals surface area contributed by atoms with Gasteiger partial charge in [-0.1, -0.05) is 41.4 Å². The van der Waals surface area contributed by atoms with Gasteiger partial charge in [0.25, 0.3) is 10.0 Å². The highest BCUT2D eigenvalue weighted by Crippen LogP contribution is 2.43. The molecule has 1 N–H and O–H groups in total. The summed E-state index contributed by atoms with van der Waals surface area (Å²) in [5, 5.41) is 3.19. The number of sulfonamides is 1. The van der Waals surface area contributed by atoms with Crippen LogP contribution in [0.3, 0.4) is 0 Å². The van der Waals surface area contributed by atoms with Crippen molar-refractivity contribution in [2.24, 2.45) is 0 Å². The summed E-state index contributed by atoms with van der Waals surface area (Å²) in [4.78, 5) is 12.6. The standard InChI is InChI=1S/C20H13Cl2FN2O3S/c21-12-5-7-16(22)17(9-12)24-20(26)11-25-18-8-6-13(23)10-15(18)14-3-1-2-4-19(14)29(25,27)28/h1-10H,11H2,(H,24,26). The lowest BCUT2D eigenvalue weighted by Crippen LogP contribution is -2.40. The molecule has 0 spiro atoms. The van der Waals surface area contributed by atoms with Crippen LogP contribution in [0, 0.1) is 5.82 Å². The van der Waals surface area contributed by atoms with E-state index in [0.29, 0.717) is 16.1 Å². The Hall–Kier alpha value is -2.61. The molecule has 1 aliphatic rings. The maximum atomic E-state index is 13.9. The number of nitrogens with one attached hydrogen (secondary N) is 1. The predicted molar refractivity (Wildman–Crippen MR) is 111 cm³/mol. The second-order valence-electron chi connectivity index (χ2n) is 6.34. The molecule has 9 heteroatoms. The molecule has 3 aromatic carbocycles. The van der Waals surface area contributed by atoms with Gasteiger partial charge in [-0.2, -0.15) is 0 Å². The number of halogens is 3. The first-order valence-corrected chi connectivity index (χ1v) is 10.6. The molecule has 0 fully saturated rings. The third-order valence-electron chi connectivity index (χ3n) is 4.46. The van der Waals surface area contributed by atoms with Gasteiger partial charge in [-0.25, -0.2) is 12.8 Å². The molecule has 1 amide bonds. The van der Waals surface area contributed by atoms with E-state index in [1.54, 1.807) is 24.3 Å². The first-order chi connectivity index (χ1) is 13.8. The van der Waals surface area contributed by atoms with Crippen LogP contribution in [0.5, 0.6) is 0 Å². The van der Waals surface area contributed by atoms with Crippen LogP contribution in [0.25, 0.3) is 11.1 Å². The number of benzene rings is 3. The molecule has 148 valence electrons. The third-order valence-corrected chi connectivity index (χ3v) is 6.84. The minimum Gasteiger partial charge on any atom is -0.323 e. The van der Waals surface area contributed by atoms with Gasteiger partial charge in [0.05, 0.1) is 21.3 Å². The van der Waals surface area contributed by atoms with Crippen molar-refractivity contribution in [3.8, 4) is 11.1 Å². The lowest BCUT2D eigenvalue weighted by Gasteiger charge is -2.31. The largest absolute Gasteiger partial charge is 0.323 e. The Morgan fingerprint density at radius 2 is 1.76 bits per heavy atom. The Morgan fingerprint density at radius 3 is 2.55 bits per heavy atom. The van der Waals surface area contributed by atoms with Crippen molar-refractivity contribution in [1.29, 1.82) is 0 Å². The van der Waals surface area contributed by atoms with E-state index in [4.69, 9.17) is 23.2 Å². The van der Waals surface area contributed by atoms with Gasteiger partial charge in [0, 0.05) is 16.1 Å². The average Bonchev–Trinajstić information content (AvgIpc) is 2.68. The van der Waals surface area contributed by atoms with Crippen molar-refractivity contribution in [2.75, 3.05) is 16.2 Å². The fourth-order valence-corrected chi connectivity index (χ4v) is 5.17. The van der Waals surface area contributed by atoms with E-state index in [2.05, 4.69) is 5.32 Å². The van der Waals surface area contributed by atoms with Gasteiger partial charge in [-0.05, 0) is 42.5 Å². The lowest BCUT2D eigenvalue weighted by atomic mass is 10.0. The van der Waals surface area contributed by atoms with Gasteiger partial charge < -0.3 is 5.32 Å². The minimum atomic E-state index is -4.02. The molecule has 0 unspecified atom stereocenters. The monoisotopic (exact) mass is 450 g/mol. The fraction of sp³-hybridized carbons (Fsp3) is 0.0500. The molecule has 0 saturated heterocycles. The van der Waals surface area contributed by atoms with Gasteiger partial charge in [-0.15, -0.1) is 0 Å². The molecule has 0 bridgehead atoms. The number of nitrogens with zero attached hydrogens (tertiary/aromatic N) is 1. The first-order valence-electron chi connectivity index (χ1n) is 8.44.